The first-order valence-electron chi connectivity index (χ1n) is 12.4. The molecule has 0 radical (unpaired) electrons. The van der Waals surface area contributed by atoms with Crippen LogP contribution in [-0.4, -0.2) is 16.5 Å². The van der Waals surface area contributed by atoms with Crippen molar-refractivity contribution in [2.45, 2.75) is 150 Å². The fourth-order valence-corrected chi connectivity index (χ4v) is 8.60. The van der Waals surface area contributed by atoms with Gasteiger partial charge in [-0.25, -0.2) is 0 Å². The van der Waals surface area contributed by atoms with Crippen molar-refractivity contribution in [2.24, 2.45) is 0 Å². The van der Waals surface area contributed by atoms with Crippen molar-refractivity contribution < 1.29 is 28.1 Å². The van der Waals surface area contributed by atoms with E-state index in [2.05, 4.69) is 13.8 Å². The van der Waals surface area contributed by atoms with Crippen LogP contribution in [0.4, 0.5) is 0 Å². The summed E-state index contributed by atoms with van der Waals surface area (Å²) in [5.74, 6) is 0. The molecule has 3 heteroatoms. The van der Waals surface area contributed by atoms with Crippen LogP contribution in [0.2, 0.25) is 14.2 Å². The monoisotopic (exact) mass is 419 g/mol. The van der Waals surface area contributed by atoms with Crippen molar-refractivity contribution in [3.8, 4) is 0 Å². The standard InChI is InChI=1S/C8H17O2.2C8H17.Ti/c1-2-3-4-5-6-7-8(9)10;2*1-3-5-7-8-6-4-2;/h8-10H,1-7H2;2*1,3-8H2,2H3;. The Morgan fingerprint density at radius 1 is 0.481 bits per heavy atom. The van der Waals surface area contributed by atoms with Crippen LogP contribution in [0.15, 0.2) is 0 Å². The maximum atomic E-state index is 8.89. The Labute approximate surface area is 177 Å². The SMILES string of the molecule is CCCCCCC[CH2][Ti]([CH2]CCCCCCC)[CH2]CCCCCCC(O)O. The van der Waals surface area contributed by atoms with Gasteiger partial charge in [0.25, 0.3) is 0 Å². The van der Waals surface area contributed by atoms with Crippen molar-refractivity contribution in [2.75, 3.05) is 0 Å². The molecule has 163 valence electrons. The Kier molecular flexibility index (Phi) is 23.5. The Morgan fingerprint density at radius 2 is 0.815 bits per heavy atom. The van der Waals surface area contributed by atoms with Gasteiger partial charge in [-0.05, 0) is 0 Å². The van der Waals surface area contributed by atoms with Gasteiger partial charge in [0.2, 0.25) is 0 Å². The molecule has 0 bridgehead atoms. The number of hydrogen-bond acceptors (Lipinski definition) is 2. The van der Waals surface area contributed by atoms with Crippen molar-refractivity contribution >= 4 is 0 Å². The molecule has 2 N–H and O–H groups in total. The van der Waals surface area contributed by atoms with E-state index in [1.54, 1.807) is 14.2 Å². The van der Waals surface area contributed by atoms with Gasteiger partial charge >= 0.3 is 178 Å². The Bertz CT molecular complexity index is 255. The van der Waals surface area contributed by atoms with E-state index in [9.17, 15) is 0 Å². The van der Waals surface area contributed by atoms with Crippen LogP contribution in [0.1, 0.15) is 129 Å². The number of unbranched alkanes of at least 4 members (excludes halogenated alkanes) is 14. The summed E-state index contributed by atoms with van der Waals surface area (Å²) in [7, 11) is 0. The Balaban J connectivity index is 3.80. The Morgan fingerprint density at radius 3 is 1.19 bits per heavy atom. The van der Waals surface area contributed by atoms with Gasteiger partial charge in [0.15, 0.2) is 0 Å². The fourth-order valence-electron chi connectivity index (χ4n) is 3.92. The first kappa shape index (κ1) is 27.6. The summed E-state index contributed by atoms with van der Waals surface area (Å²) < 4.78 is 4.84. The second kappa shape index (κ2) is 22.9. The van der Waals surface area contributed by atoms with Crippen LogP contribution in [0.3, 0.4) is 0 Å². The van der Waals surface area contributed by atoms with Crippen molar-refractivity contribution in [1.82, 2.24) is 0 Å². The second-order valence-electron chi connectivity index (χ2n) is 8.57. The third-order valence-electron chi connectivity index (χ3n) is 5.76. The van der Waals surface area contributed by atoms with E-state index >= 15 is 0 Å². The molecule has 0 amide bonds. The van der Waals surface area contributed by atoms with Gasteiger partial charge in [-0.1, -0.05) is 0 Å². The average Bonchev–Trinajstić information content (AvgIpc) is 2.65. The van der Waals surface area contributed by atoms with Crippen molar-refractivity contribution in [3.63, 3.8) is 0 Å². The maximum absolute atomic E-state index is 8.89. The Hall–Kier alpha value is 0.634. The van der Waals surface area contributed by atoms with Crippen LogP contribution >= 0.6 is 0 Å². The third-order valence-corrected chi connectivity index (χ3v) is 10.7. The molecule has 0 aliphatic carbocycles. The molecule has 0 fully saturated rings. The van der Waals surface area contributed by atoms with Gasteiger partial charge in [-0.3, -0.25) is 0 Å². The van der Waals surface area contributed by atoms with Crippen LogP contribution in [-0.2, 0) is 17.9 Å². The summed E-state index contributed by atoms with van der Waals surface area (Å²) >= 11 is -0.800. The van der Waals surface area contributed by atoms with E-state index < -0.39 is 24.2 Å². The molecular weight excluding hydrogens is 368 g/mol. The predicted octanol–water partition coefficient (Wildman–Crippen LogP) is 8.23. The molecular formula is C24H51O2Ti. The average molecular weight is 420 g/mol. The first-order chi connectivity index (χ1) is 13.2. The van der Waals surface area contributed by atoms with Crippen LogP contribution < -0.4 is 0 Å². The van der Waals surface area contributed by atoms with Crippen LogP contribution in [0.25, 0.3) is 0 Å². The molecule has 0 aliphatic heterocycles. The minimum absolute atomic E-state index is 0.551. The number of rotatable bonds is 22. The van der Waals surface area contributed by atoms with Gasteiger partial charge in [0, 0.05) is 0 Å². The van der Waals surface area contributed by atoms with Gasteiger partial charge < -0.3 is 0 Å². The summed E-state index contributed by atoms with van der Waals surface area (Å²) in [6.45, 7) is 4.60. The summed E-state index contributed by atoms with van der Waals surface area (Å²) in [6, 6.07) is 0. The molecule has 0 heterocycles. The molecule has 0 saturated heterocycles. The van der Waals surface area contributed by atoms with E-state index in [1.807, 2.05) is 0 Å². The molecule has 0 saturated carbocycles. The molecule has 27 heavy (non-hydrogen) atoms. The molecule has 0 aromatic rings. The van der Waals surface area contributed by atoms with E-state index in [4.69, 9.17) is 10.2 Å². The van der Waals surface area contributed by atoms with Crippen LogP contribution in [0, 0.1) is 0 Å². The van der Waals surface area contributed by atoms with Gasteiger partial charge in [-0.15, -0.1) is 0 Å². The third kappa shape index (κ3) is 22.8. The molecule has 0 atom stereocenters. The first-order valence-corrected chi connectivity index (χ1v) is 15.7. The summed E-state index contributed by atoms with van der Waals surface area (Å²) in [6.07, 6.45) is 23.1. The fraction of sp³-hybridized carbons (Fsp3) is 1.00. The molecule has 0 aliphatic rings. The quantitative estimate of drug-likeness (QED) is 0.105. The van der Waals surface area contributed by atoms with Crippen molar-refractivity contribution in [3.05, 3.63) is 0 Å². The molecule has 0 aromatic carbocycles. The van der Waals surface area contributed by atoms with E-state index in [1.165, 1.54) is 103 Å². The number of aliphatic hydroxyl groups excluding tert-OH is 1. The summed E-state index contributed by atoms with van der Waals surface area (Å²) in [4.78, 5) is 0. The van der Waals surface area contributed by atoms with Gasteiger partial charge in [0.05, 0.1) is 0 Å². The number of hydrogen-bond donors (Lipinski definition) is 2. The van der Waals surface area contributed by atoms with E-state index in [0.717, 1.165) is 6.42 Å². The number of aliphatic hydroxyl groups is 2. The molecule has 0 aromatic heterocycles. The predicted molar refractivity (Wildman–Crippen MR) is 117 cm³/mol. The topological polar surface area (TPSA) is 40.5 Å². The normalized spacial score (nSPS) is 11.4. The zero-order valence-corrected chi connectivity index (χ0v) is 20.4. The van der Waals surface area contributed by atoms with Gasteiger partial charge in [-0.2, -0.15) is 0 Å². The zero-order valence-electron chi connectivity index (χ0n) is 18.8. The van der Waals surface area contributed by atoms with Crippen molar-refractivity contribution in [1.29, 1.82) is 0 Å². The summed E-state index contributed by atoms with van der Waals surface area (Å²) in [5.41, 5.74) is 0. The molecule has 0 spiro atoms. The van der Waals surface area contributed by atoms with Gasteiger partial charge in [0.1, 0.15) is 0 Å². The van der Waals surface area contributed by atoms with E-state index in [0.29, 0.717) is 6.42 Å². The minimum atomic E-state index is -1.10. The zero-order chi connectivity index (χ0) is 20.0. The second-order valence-corrected chi connectivity index (χ2v) is 13.3. The summed E-state index contributed by atoms with van der Waals surface area (Å²) in [5, 5.41) is 17.8. The molecule has 0 unspecified atom stereocenters. The molecule has 0 rings (SSSR count). The van der Waals surface area contributed by atoms with Crippen LogP contribution in [0.5, 0.6) is 0 Å². The molecule has 2 nitrogen and oxygen atoms in total. The van der Waals surface area contributed by atoms with E-state index in [-0.39, 0.29) is 0 Å².